The van der Waals surface area contributed by atoms with Crippen LogP contribution in [-0.4, -0.2) is 24.3 Å². The Morgan fingerprint density at radius 2 is 1.87 bits per heavy atom. The number of alkyl halides is 3. The predicted octanol–water partition coefficient (Wildman–Crippen LogP) is 6.95. The molecule has 198 valence electrons. The number of ether oxygens (including phenoxy) is 1. The van der Waals surface area contributed by atoms with Gasteiger partial charge in [-0.3, -0.25) is 0 Å². The molecule has 1 aliphatic heterocycles. The minimum absolute atomic E-state index is 0.0803. The van der Waals surface area contributed by atoms with Crippen LogP contribution in [0.5, 0.6) is 11.5 Å². The van der Waals surface area contributed by atoms with Crippen molar-refractivity contribution >= 4 is 22.6 Å². The SMILES string of the molecule is O=c1oc2cc(O)ccc2c(Cc2ccc(OCCC3CCCN3)cc2)c1-c1ccc(Cl)cc1C(F)(F)F. The molecule has 5 nitrogen and oxygen atoms in total. The maximum Gasteiger partial charge on any atom is 0.417 e. The van der Waals surface area contributed by atoms with Gasteiger partial charge in [-0.25, -0.2) is 4.79 Å². The van der Waals surface area contributed by atoms with Crippen molar-refractivity contribution in [3.63, 3.8) is 0 Å². The van der Waals surface area contributed by atoms with Crippen molar-refractivity contribution in [1.29, 1.82) is 0 Å². The quantitative estimate of drug-likeness (QED) is 0.247. The van der Waals surface area contributed by atoms with Crippen molar-refractivity contribution in [1.82, 2.24) is 5.32 Å². The van der Waals surface area contributed by atoms with Gasteiger partial charge in [0, 0.05) is 28.1 Å². The lowest BCUT2D eigenvalue weighted by Crippen LogP contribution is -2.23. The summed E-state index contributed by atoms with van der Waals surface area (Å²) in [6.07, 6.45) is -1.37. The van der Waals surface area contributed by atoms with Gasteiger partial charge in [0.25, 0.3) is 0 Å². The summed E-state index contributed by atoms with van der Waals surface area (Å²) < 4.78 is 53.2. The van der Waals surface area contributed by atoms with E-state index in [1.807, 2.05) is 12.1 Å². The Labute approximate surface area is 221 Å². The third kappa shape index (κ3) is 5.66. The molecule has 2 heterocycles. The molecule has 0 radical (unpaired) electrons. The lowest BCUT2D eigenvalue weighted by molar-refractivity contribution is -0.137. The molecule has 1 aromatic heterocycles. The first kappa shape index (κ1) is 26.1. The number of halogens is 4. The molecule has 0 amide bonds. The van der Waals surface area contributed by atoms with Crippen molar-refractivity contribution in [2.24, 2.45) is 0 Å². The Kier molecular flexibility index (Phi) is 7.36. The first-order valence-electron chi connectivity index (χ1n) is 12.3. The summed E-state index contributed by atoms with van der Waals surface area (Å²) in [7, 11) is 0. The molecular weight excluding hydrogens is 519 g/mol. The van der Waals surface area contributed by atoms with Gasteiger partial charge in [-0.05, 0) is 79.8 Å². The van der Waals surface area contributed by atoms with E-state index in [0.717, 1.165) is 31.0 Å². The number of phenols is 1. The minimum Gasteiger partial charge on any atom is -0.508 e. The number of nitrogens with one attached hydrogen (secondary N) is 1. The molecule has 38 heavy (non-hydrogen) atoms. The minimum atomic E-state index is -4.75. The lowest BCUT2D eigenvalue weighted by Gasteiger charge is -2.17. The van der Waals surface area contributed by atoms with E-state index in [-0.39, 0.29) is 33.9 Å². The smallest absolute Gasteiger partial charge is 0.417 e. The largest absolute Gasteiger partial charge is 0.508 e. The van der Waals surface area contributed by atoms with Crippen LogP contribution in [0.2, 0.25) is 5.02 Å². The zero-order valence-electron chi connectivity index (χ0n) is 20.3. The highest BCUT2D eigenvalue weighted by Crippen LogP contribution is 2.40. The van der Waals surface area contributed by atoms with Crippen LogP contribution in [0.3, 0.4) is 0 Å². The van der Waals surface area contributed by atoms with E-state index in [0.29, 0.717) is 29.3 Å². The number of benzene rings is 3. The van der Waals surface area contributed by atoms with Crippen LogP contribution in [0, 0.1) is 0 Å². The zero-order chi connectivity index (χ0) is 26.9. The number of phenolic OH excluding ortho intramolecular Hbond substituents is 1. The maximum absolute atomic E-state index is 14.0. The standard InChI is InChI=1S/C29H25ClF3NO4/c30-18-5-9-23(25(15-18)29(31,32)33)27-24(22-10-6-20(35)16-26(22)38-28(27)36)14-17-3-7-21(8-4-17)37-13-11-19-2-1-12-34-19/h3-10,15-16,19,34-35H,1-2,11-14H2. The number of rotatable bonds is 7. The fraction of sp³-hybridized carbons (Fsp3) is 0.276. The summed E-state index contributed by atoms with van der Waals surface area (Å²) in [5, 5.41) is 13.6. The zero-order valence-corrected chi connectivity index (χ0v) is 21.0. The third-order valence-electron chi connectivity index (χ3n) is 6.76. The number of fused-ring (bicyclic) bond motifs is 1. The Morgan fingerprint density at radius 3 is 2.58 bits per heavy atom. The van der Waals surface area contributed by atoms with Gasteiger partial charge < -0.3 is 19.6 Å². The van der Waals surface area contributed by atoms with Crippen molar-refractivity contribution < 1.29 is 27.4 Å². The fourth-order valence-electron chi connectivity index (χ4n) is 4.91. The van der Waals surface area contributed by atoms with Gasteiger partial charge >= 0.3 is 11.8 Å². The van der Waals surface area contributed by atoms with Crippen LogP contribution in [0.15, 0.2) is 69.9 Å². The Bertz CT molecular complexity index is 1510. The molecular formula is C29H25ClF3NO4. The average Bonchev–Trinajstić information content (AvgIpc) is 3.38. The van der Waals surface area contributed by atoms with E-state index < -0.39 is 17.4 Å². The van der Waals surface area contributed by atoms with Gasteiger partial charge in [0.1, 0.15) is 17.1 Å². The van der Waals surface area contributed by atoms with E-state index in [1.54, 1.807) is 12.1 Å². The normalized spacial score (nSPS) is 15.7. The highest BCUT2D eigenvalue weighted by molar-refractivity contribution is 6.30. The molecule has 0 aliphatic carbocycles. The van der Waals surface area contributed by atoms with Crippen molar-refractivity contribution in [2.75, 3.05) is 13.2 Å². The maximum atomic E-state index is 14.0. The van der Waals surface area contributed by atoms with Gasteiger partial charge in [0.05, 0.1) is 17.7 Å². The van der Waals surface area contributed by atoms with E-state index in [9.17, 15) is 23.1 Å². The molecule has 1 atom stereocenters. The molecule has 0 spiro atoms. The topological polar surface area (TPSA) is 71.7 Å². The van der Waals surface area contributed by atoms with Gasteiger partial charge in [-0.15, -0.1) is 0 Å². The monoisotopic (exact) mass is 543 g/mol. The molecule has 0 saturated carbocycles. The number of hydrogen-bond donors (Lipinski definition) is 2. The number of hydrogen-bond acceptors (Lipinski definition) is 5. The van der Waals surface area contributed by atoms with E-state index >= 15 is 0 Å². The first-order chi connectivity index (χ1) is 18.2. The summed E-state index contributed by atoms with van der Waals surface area (Å²) in [5.41, 5.74) is -1.29. The second-order valence-corrected chi connectivity index (χ2v) is 9.80. The summed E-state index contributed by atoms with van der Waals surface area (Å²) in [6.45, 7) is 1.61. The molecule has 2 N–H and O–H groups in total. The Hall–Kier alpha value is -3.49. The number of aromatic hydroxyl groups is 1. The van der Waals surface area contributed by atoms with E-state index in [1.165, 1.54) is 36.8 Å². The molecule has 3 aromatic carbocycles. The molecule has 1 saturated heterocycles. The first-order valence-corrected chi connectivity index (χ1v) is 12.7. The average molecular weight is 544 g/mol. The Morgan fingerprint density at radius 1 is 1.08 bits per heavy atom. The fourth-order valence-corrected chi connectivity index (χ4v) is 5.08. The van der Waals surface area contributed by atoms with Crippen molar-refractivity contribution in [2.45, 2.75) is 37.9 Å². The van der Waals surface area contributed by atoms with Crippen molar-refractivity contribution in [3.05, 3.63) is 92.8 Å². The predicted molar refractivity (Wildman–Crippen MR) is 140 cm³/mol. The molecule has 1 unspecified atom stereocenters. The second kappa shape index (κ2) is 10.7. The molecule has 5 rings (SSSR count). The van der Waals surface area contributed by atoms with Crippen molar-refractivity contribution in [3.8, 4) is 22.6 Å². The molecule has 9 heteroatoms. The third-order valence-corrected chi connectivity index (χ3v) is 6.99. The highest BCUT2D eigenvalue weighted by atomic mass is 35.5. The summed E-state index contributed by atoms with van der Waals surface area (Å²) in [4.78, 5) is 13.1. The molecule has 4 aromatic rings. The summed E-state index contributed by atoms with van der Waals surface area (Å²) >= 11 is 5.88. The van der Waals surface area contributed by atoms with Gasteiger partial charge in [0.15, 0.2) is 0 Å². The van der Waals surface area contributed by atoms with Crippen LogP contribution in [0.1, 0.15) is 36.0 Å². The van der Waals surface area contributed by atoms with E-state index in [4.69, 9.17) is 20.8 Å². The molecule has 1 fully saturated rings. The van der Waals surface area contributed by atoms with Crippen LogP contribution in [0.25, 0.3) is 22.1 Å². The molecule has 0 bridgehead atoms. The summed E-state index contributed by atoms with van der Waals surface area (Å²) in [6, 6.07) is 15.2. The Balaban J connectivity index is 1.53. The van der Waals surface area contributed by atoms with Gasteiger partial charge in [0.2, 0.25) is 0 Å². The van der Waals surface area contributed by atoms with E-state index in [2.05, 4.69) is 5.32 Å². The lowest BCUT2D eigenvalue weighted by atomic mass is 9.91. The van der Waals surface area contributed by atoms with Crippen LogP contribution in [0.4, 0.5) is 13.2 Å². The van der Waals surface area contributed by atoms with Crippen LogP contribution < -0.4 is 15.7 Å². The van der Waals surface area contributed by atoms with Crippen LogP contribution >= 0.6 is 11.6 Å². The molecule has 1 aliphatic rings. The van der Waals surface area contributed by atoms with Gasteiger partial charge in [-0.2, -0.15) is 13.2 Å². The van der Waals surface area contributed by atoms with Gasteiger partial charge in [-0.1, -0.05) is 29.8 Å². The van der Waals surface area contributed by atoms with Crippen LogP contribution in [-0.2, 0) is 12.6 Å². The second-order valence-electron chi connectivity index (χ2n) is 9.36. The highest BCUT2D eigenvalue weighted by Gasteiger charge is 2.35. The summed E-state index contributed by atoms with van der Waals surface area (Å²) in [5.74, 6) is 0.558.